The van der Waals surface area contributed by atoms with Crippen LogP contribution < -0.4 is 57.1 Å². The SMILES string of the molecule is CCN(CC)C(N)=O.[K+]. The maximum atomic E-state index is 10.3. The third kappa shape index (κ3) is 5.36. The summed E-state index contributed by atoms with van der Waals surface area (Å²) in [7, 11) is 0. The van der Waals surface area contributed by atoms with Crippen LogP contribution >= 0.6 is 0 Å². The van der Waals surface area contributed by atoms with E-state index in [1.165, 1.54) is 0 Å². The molecule has 0 spiro atoms. The fourth-order valence-electron chi connectivity index (χ4n) is 0.535. The zero-order chi connectivity index (χ0) is 6.57. The smallest absolute Gasteiger partial charge is 0.351 e. The summed E-state index contributed by atoms with van der Waals surface area (Å²) < 4.78 is 0. The first kappa shape index (κ1) is 12.6. The van der Waals surface area contributed by atoms with Crippen molar-refractivity contribution in [2.45, 2.75) is 13.8 Å². The molecule has 0 aromatic carbocycles. The van der Waals surface area contributed by atoms with Crippen LogP contribution in [0.4, 0.5) is 4.79 Å². The van der Waals surface area contributed by atoms with Crippen LogP contribution in [0.15, 0.2) is 0 Å². The van der Waals surface area contributed by atoms with Gasteiger partial charge >= 0.3 is 57.4 Å². The van der Waals surface area contributed by atoms with Gasteiger partial charge in [-0.05, 0) is 13.8 Å². The zero-order valence-corrected chi connectivity index (χ0v) is 9.47. The molecule has 0 aliphatic carbocycles. The molecular weight excluding hydrogens is 143 g/mol. The molecule has 0 saturated carbocycles. The predicted octanol–water partition coefficient (Wildman–Crippen LogP) is -2.59. The van der Waals surface area contributed by atoms with Crippen molar-refractivity contribution in [2.24, 2.45) is 5.73 Å². The number of nitrogens with two attached hydrogens (primary N) is 1. The topological polar surface area (TPSA) is 46.3 Å². The Morgan fingerprint density at radius 3 is 1.78 bits per heavy atom. The standard InChI is InChI=1S/C5H12N2O.K/c1-3-7(4-2)5(6)8;/h3-4H2,1-2H3,(H2,6,8);/q;+1. The predicted molar refractivity (Wildman–Crippen MR) is 32.5 cm³/mol. The van der Waals surface area contributed by atoms with Crippen LogP contribution in [-0.4, -0.2) is 24.0 Å². The molecular formula is C5H12KN2O+. The number of nitrogens with zero attached hydrogens (tertiary/aromatic N) is 1. The Morgan fingerprint density at radius 1 is 1.44 bits per heavy atom. The second-order valence-electron chi connectivity index (χ2n) is 1.51. The Morgan fingerprint density at radius 2 is 1.78 bits per heavy atom. The summed E-state index contributed by atoms with van der Waals surface area (Å²) in [6, 6.07) is -0.338. The van der Waals surface area contributed by atoms with Crippen LogP contribution in [0.25, 0.3) is 0 Å². The number of carbonyl (C=O) groups is 1. The van der Waals surface area contributed by atoms with Gasteiger partial charge < -0.3 is 10.6 Å². The van der Waals surface area contributed by atoms with Crippen molar-refractivity contribution in [2.75, 3.05) is 13.1 Å². The molecule has 0 aromatic heterocycles. The van der Waals surface area contributed by atoms with E-state index in [2.05, 4.69) is 0 Å². The van der Waals surface area contributed by atoms with Crippen molar-refractivity contribution in [3.63, 3.8) is 0 Å². The number of hydrogen-bond acceptors (Lipinski definition) is 1. The summed E-state index contributed by atoms with van der Waals surface area (Å²) >= 11 is 0. The Kier molecular flexibility index (Phi) is 9.80. The number of rotatable bonds is 2. The Labute approximate surface area is 98.4 Å². The quantitative estimate of drug-likeness (QED) is 0.437. The molecule has 4 heteroatoms. The molecule has 0 rings (SSSR count). The van der Waals surface area contributed by atoms with E-state index in [9.17, 15) is 4.79 Å². The summed E-state index contributed by atoms with van der Waals surface area (Å²) in [6.45, 7) is 5.19. The summed E-state index contributed by atoms with van der Waals surface area (Å²) in [5.74, 6) is 0. The van der Waals surface area contributed by atoms with Gasteiger partial charge in [0.25, 0.3) is 0 Å². The molecule has 0 radical (unpaired) electrons. The number of urea groups is 1. The Hall–Kier alpha value is 0.906. The van der Waals surface area contributed by atoms with Gasteiger partial charge in [-0.1, -0.05) is 0 Å². The summed E-state index contributed by atoms with van der Waals surface area (Å²) in [5, 5.41) is 0. The van der Waals surface area contributed by atoms with Gasteiger partial charge in [-0.25, -0.2) is 4.79 Å². The summed E-state index contributed by atoms with van der Waals surface area (Å²) in [6.07, 6.45) is 0. The normalized spacial score (nSPS) is 7.78. The van der Waals surface area contributed by atoms with Crippen molar-refractivity contribution in [3.05, 3.63) is 0 Å². The molecule has 0 aliphatic heterocycles. The monoisotopic (exact) mass is 155 g/mol. The average Bonchev–Trinajstić information content (AvgIpc) is 1.69. The van der Waals surface area contributed by atoms with E-state index in [1.54, 1.807) is 4.90 Å². The van der Waals surface area contributed by atoms with Gasteiger partial charge in [-0.15, -0.1) is 0 Å². The van der Waals surface area contributed by atoms with Crippen LogP contribution in [0.3, 0.4) is 0 Å². The molecule has 3 nitrogen and oxygen atoms in total. The molecule has 2 amide bonds. The molecule has 0 unspecified atom stereocenters. The summed E-state index contributed by atoms with van der Waals surface area (Å²) in [4.78, 5) is 11.9. The van der Waals surface area contributed by atoms with E-state index in [0.29, 0.717) is 13.1 Å². The molecule has 0 saturated heterocycles. The third-order valence-corrected chi connectivity index (χ3v) is 1.08. The van der Waals surface area contributed by atoms with Crippen molar-refractivity contribution < 1.29 is 56.2 Å². The van der Waals surface area contributed by atoms with Gasteiger partial charge in [0.2, 0.25) is 0 Å². The van der Waals surface area contributed by atoms with E-state index in [4.69, 9.17) is 5.73 Å². The summed E-state index contributed by atoms with van der Waals surface area (Å²) in [5.41, 5.74) is 4.94. The molecule has 9 heavy (non-hydrogen) atoms. The minimum atomic E-state index is -0.338. The van der Waals surface area contributed by atoms with E-state index in [-0.39, 0.29) is 57.4 Å². The first-order chi connectivity index (χ1) is 3.72. The fourth-order valence-corrected chi connectivity index (χ4v) is 0.535. The maximum absolute atomic E-state index is 10.3. The molecule has 0 heterocycles. The van der Waals surface area contributed by atoms with Crippen LogP contribution in [0.2, 0.25) is 0 Å². The minimum Gasteiger partial charge on any atom is -0.351 e. The van der Waals surface area contributed by atoms with Crippen LogP contribution in [0, 0.1) is 0 Å². The molecule has 0 fully saturated rings. The van der Waals surface area contributed by atoms with Gasteiger partial charge in [0, 0.05) is 13.1 Å². The molecule has 48 valence electrons. The van der Waals surface area contributed by atoms with Crippen LogP contribution in [0.5, 0.6) is 0 Å². The average molecular weight is 155 g/mol. The second kappa shape index (κ2) is 7.02. The van der Waals surface area contributed by atoms with E-state index in [1.807, 2.05) is 13.8 Å². The van der Waals surface area contributed by atoms with Crippen LogP contribution in [-0.2, 0) is 0 Å². The molecule has 2 N–H and O–H groups in total. The largest absolute Gasteiger partial charge is 1.00 e. The maximum Gasteiger partial charge on any atom is 1.00 e. The second-order valence-corrected chi connectivity index (χ2v) is 1.51. The van der Waals surface area contributed by atoms with Gasteiger partial charge in [-0.3, -0.25) is 0 Å². The number of amides is 2. The third-order valence-electron chi connectivity index (χ3n) is 1.08. The van der Waals surface area contributed by atoms with Crippen molar-refractivity contribution >= 4 is 6.03 Å². The van der Waals surface area contributed by atoms with Crippen molar-refractivity contribution in [1.82, 2.24) is 4.90 Å². The number of carbonyl (C=O) groups excluding carboxylic acids is 1. The van der Waals surface area contributed by atoms with E-state index < -0.39 is 0 Å². The van der Waals surface area contributed by atoms with Gasteiger partial charge in [0.05, 0.1) is 0 Å². The first-order valence-corrected chi connectivity index (χ1v) is 2.76. The minimum absolute atomic E-state index is 0. The Balaban J connectivity index is 0. The van der Waals surface area contributed by atoms with E-state index >= 15 is 0 Å². The van der Waals surface area contributed by atoms with Gasteiger partial charge in [0.1, 0.15) is 0 Å². The van der Waals surface area contributed by atoms with Gasteiger partial charge in [0.15, 0.2) is 0 Å². The Bertz CT molecular complexity index is 83.0. The number of hydrogen-bond donors (Lipinski definition) is 1. The van der Waals surface area contributed by atoms with Crippen molar-refractivity contribution in [3.8, 4) is 0 Å². The molecule has 0 aromatic rings. The van der Waals surface area contributed by atoms with Crippen molar-refractivity contribution in [1.29, 1.82) is 0 Å². The molecule has 0 atom stereocenters. The fraction of sp³-hybridized carbons (Fsp3) is 0.800. The van der Waals surface area contributed by atoms with Crippen LogP contribution in [0.1, 0.15) is 13.8 Å². The first-order valence-electron chi connectivity index (χ1n) is 2.76. The number of primary amides is 1. The van der Waals surface area contributed by atoms with E-state index in [0.717, 1.165) is 0 Å². The molecule has 0 bridgehead atoms. The molecule has 0 aliphatic rings. The van der Waals surface area contributed by atoms with Gasteiger partial charge in [-0.2, -0.15) is 0 Å². The zero-order valence-electron chi connectivity index (χ0n) is 6.35.